The van der Waals surface area contributed by atoms with E-state index < -0.39 is 69.3 Å². The van der Waals surface area contributed by atoms with Crippen LogP contribution in [-0.4, -0.2) is 45.1 Å². The van der Waals surface area contributed by atoms with Crippen LogP contribution in [0.2, 0.25) is 0 Å². The first-order chi connectivity index (χ1) is 14.0. The van der Waals surface area contributed by atoms with Crippen molar-refractivity contribution in [3.05, 3.63) is 35.4 Å². The van der Waals surface area contributed by atoms with E-state index in [9.17, 15) is 73.1 Å². The second kappa shape index (κ2) is 6.94. The second-order valence-corrected chi connectivity index (χ2v) is 6.50. The van der Waals surface area contributed by atoms with E-state index in [1.54, 1.807) is 0 Å². The largest absolute Gasteiger partial charge is 0.508 e. The number of alkyl halides is 12. The Morgan fingerprint density at radius 3 is 0.875 bits per heavy atom. The first-order valence-electron chi connectivity index (χ1n) is 7.72. The van der Waals surface area contributed by atoms with Crippen molar-refractivity contribution in [2.75, 3.05) is 0 Å². The van der Waals surface area contributed by atoms with Gasteiger partial charge in [-0.05, 0) is 35.0 Å². The third-order valence-electron chi connectivity index (χ3n) is 4.49. The van der Waals surface area contributed by atoms with E-state index in [0.717, 1.165) is 0 Å². The summed E-state index contributed by atoms with van der Waals surface area (Å²) in [6.07, 6.45) is -26.2. The Kier molecular flexibility index (Phi) is 5.56. The monoisotopic (exact) mass is 492 g/mol. The number of fused-ring (bicyclic) bond motifs is 1. The predicted octanol–water partition coefficient (Wildman–Crippen LogP) is 4.88. The fourth-order valence-corrected chi connectivity index (χ4v) is 2.84. The topological polar surface area (TPSA) is 80.9 Å². The highest BCUT2D eigenvalue weighted by Crippen LogP contribution is 2.55. The van der Waals surface area contributed by atoms with Crippen molar-refractivity contribution in [2.45, 2.75) is 35.9 Å². The van der Waals surface area contributed by atoms with Crippen LogP contribution < -0.4 is 0 Å². The zero-order chi connectivity index (χ0) is 25.3. The first kappa shape index (κ1) is 25.6. The van der Waals surface area contributed by atoms with Crippen LogP contribution in [0.5, 0.6) is 11.5 Å². The molecule has 2 aromatic carbocycles. The molecule has 0 heterocycles. The van der Waals surface area contributed by atoms with Gasteiger partial charge >= 0.3 is 24.7 Å². The van der Waals surface area contributed by atoms with Crippen molar-refractivity contribution in [1.82, 2.24) is 0 Å². The van der Waals surface area contributed by atoms with Crippen LogP contribution in [0, 0.1) is 0 Å². The second-order valence-electron chi connectivity index (χ2n) is 6.50. The van der Waals surface area contributed by atoms with Crippen molar-refractivity contribution >= 4 is 10.8 Å². The molecule has 0 aliphatic carbocycles. The molecule has 2 rings (SSSR count). The van der Waals surface area contributed by atoms with E-state index in [1.165, 1.54) is 0 Å². The first-order valence-corrected chi connectivity index (χ1v) is 7.72. The molecular weight excluding hydrogens is 484 g/mol. The summed E-state index contributed by atoms with van der Waals surface area (Å²) in [4.78, 5) is 0. The summed E-state index contributed by atoms with van der Waals surface area (Å²) in [6.45, 7) is 0. The van der Waals surface area contributed by atoms with Crippen LogP contribution in [0.3, 0.4) is 0 Å². The predicted molar refractivity (Wildman–Crippen MR) is 79.3 cm³/mol. The summed E-state index contributed by atoms with van der Waals surface area (Å²) in [5.41, 5.74) is -16.3. The van der Waals surface area contributed by atoms with Gasteiger partial charge in [0.25, 0.3) is 11.2 Å². The number of phenols is 2. The van der Waals surface area contributed by atoms with Crippen LogP contribution in [-0.2, 0) is 11.2 Å². The number of rotatable bonds is 2. The van der Waals surface area contributed by atoms with Gasteiger partial charge in [-0.25, -0.2) is 0 Å². The Morgan fingerprint density at radius 2 is 0.656 bits per heavy atom. The smallest absolute Gasteiger partial charge is 0.430 e. The molecule has 0 bridgehead atoms. The molecule has 0 radical (unpaired) electrons. The lowest BCUT2D eigenvalue weighted by molar-refractivity contribution is -0.376. The van der Waals surface area contributed by atoms with Crippen LogP contribution in [0.15, 0.2) is 24.3 Å². The molecule has 2 aromatic rings. The van der Waals surface area contributed by atoms with Gasteiger partial charge in [0, 0.05) is 11.1 Å². The Balaban J connectivity index is 2.98. The molecule has 4 N–H and O–H groups in total. The Labute approximate surface area is 167 Å². The van der Waals surface area contributed by atoms with Gasteiger partial charge in [-0.2, -0.15) is 52.7 Å². The molecule has 0 aromatic heterocycles. The highest BCUT2D eigenvalue weighted by molar-refractivity contribution is 5.88. The van der Waals surface area contributed by atoms with Crippen LogP contribution in [0.25, 0.3) is 10.8 Å². The number of hydrogen-bond donors (Lipinski definition) is 4. The molecule has 0 fully saturated rings. The third kappa shape index (κ3) is 3.54. The standard InChI is InChI=1S/C16H8F12O4/c17-13(18,19)11(31,14(20,21)22)7-1-5-2-8(10(30)4-6(5)3-9(7)29)12(32,15(23,24)25)16(26,27)28/h1-4,29-32H. The zero-order valence-corrected chi connectivity index (χ0v) is 14.6. The highest BCUT2D eigenvalue weighted by Gasteiger charge is 2.73. The third-order valence-corrected chi connectivity index (χ3v) is 4.49. The lowest BCUT2D eigenvalue weighted by atomic mass is 9.86. The van der Waals surface area contributed by atoms with Crippen molar-refractivity contribution in [1.29, 1.82) is 0 Å². The molecule has 0 saturated carbocycles. The number of phenolic OH excluding ortho intramolecular Hbond substituents is 2. The van der Waals surface area contributed by atoms with Crippen LogP contribution >= 0.6 is 0 Å². The average molecular weight is 492 g/mol. The molecule has 4 nitrogen and oxygen atoms in total. The molecule has 32 heavy (non-hydrogen) atoms. The van der Waals surface area contributed by atoms with E-state index in [4.69, 9.17) is 0 Å². The van der Waals surface area contributed by atoms with E-state index in [2.05, 4.69) is 0 Å². The SMILES string of the molecule is Oc1cc2cc(O)c(C(O)(C(F)(F)F)C(F)(F)F)cc2cc1C(O)(C(F)(F)F)C(F)(F)F. The quantitative estimate of drug-likeness (QED) is 0.451. The molecule has 0 saturated heterocycles. The van der Waals surface area contributed by atoms with Gasteiger partial charge in [0.1, 0.15) is 11.5 Å². The normalized spacial score (nSPS) is 14.8. The molecule has 0 unspecified atom stereocenters. The molecular formula is C16H8F12O4. The van der Waals surface area contributed by atoms with Gasteiger partial charge in [0.2, 0.25) is 0 Å². The van der Waals surface area contributed by atoms with E-state index >= 15 is 0 Å². The molecule has 0 atom stereocenters. The van der Waals surface area contributed by atoms with Crippen LogP contribution in [0.1, 0.15) is 11.1 Å². The van der Waals surface area contributed by atoms with Crippen molar-refractivity contribution in [2.24, 2.45) is 0 Å². The Morgan fingerprint density at radius 1 is 0.438 bits per heavy atom. The summed E-state index contributed by atoms with van der Waals surface area (Å²) in [7, 11) is 0. The fraction of sp³-hybridized carbons (Fsp3) is 0.375. The summed E-state index contributed by atoms with van der Waals surface area (Å²) in [6, 6.07) is -0.697. The van der Waals surface area contributed by atoms with Crippen LogP contribution in [0.4, 0.5) is 52.7 Å². The maximum absolute atomic E-state index is 13.1. The van der Waals surface area contributed by atoms with E-state index in [1.807, 2.05) is 0 Å². The van der Waals surface area contributed by atoms with Gasteiger partial charge in [-0.3, -0.25) is 0 Å². The Bertz CT molecular complexity index is 926. The molecule has 0 amide bonds. The number of hydrogen-bond acceptors (Lipinski definition) is 4. The van der Waals surface area contributed by atoms with Gasteiger partial charge in [0.15, 0.2) is 0 Å². The maximum Gasteiger partial charge on any atom is 0.430 e. The zero-order valence-electron chi connectivity index (χ0n) is 14.6. The molecule has 0 aliphatic rings. The number of aliphatic hydroxyl groups is 2. The van der Waals surface area contributed by atoms with Gasteiger partial charge in [-0.1, -0.05) is 0 Å². The lowest BCUT2D eigenvalue weighted by Gasteiger charge is -2.34. The molecule has 0 spiro atoms. The summed E-state index contributed by atoms with van der Waals surface area (Å²) in [5, 5.41) is 35.8. The average Bonchev–Trinajstić information content (AvgIpc) is 2.55. The summed E-state index contributed by atoms with van der Waals surface area (Å²) >= 11 is 0. The number of halogens is 12. The van der Waals surface area contributed by atoms with Crippen molar-refractivity contribution in [3.8, 4) is 11.5 Å². The highest BCUT2D eigenvalue weighted by atomic mass is 19.4. The van der Waals surface area contributed by atoms with E-state index in [0.29, 0.717) is 0 Å². The Hall–Kier alpha value is -2.62. The van der Waals surface area contributed by atoms with Gasteiger partial charge < -0.3 is 20.4 Å². The van der Waals surface area contributed by atoms with Crippen molar-refractivity contribution < 1.29 is 73.1 Å². The van der Waals surface area contributed by atoms with Crippen molar-refractivity contribution in [3.63, 3.8) is 0 Å². The van der Waals surface area contributed by atoms with Gasteiger partial charge in [0.05, 0.1) is 0 Å². The van der Waals surface area contributed by atoms with Gasteiger partial charge in [-0.15, -0.1) is 0 Å². The number of aromatic hydroxyl groups is 2. The maximum atomic E-state index is 13.1. The number of benzene rings is 2. The molecule has 16 heteroatoms. The molecule has 0 aliphatic heterocycles. The molecule has 180 valence electrons. The minimum atomic E-state index is -6.55. The minimum absolute atomic E-state index is 0.0247. The van der Waals surface area contributed by atoms with E-state index in [-0.39, 0.29) is 24.3 Å². The summed E-state index contributed by atoms with van der Waals surface area (Å²) in [5.74, 6) is -3.80. The summed E-state index contributed by atoms with van der Waals surface area (Å²) < 4.78 is 157. The fourth-order valence-electron chi connectivity index (χ4n) is 2.84. The lowest BCUT2D eigenvalue weighted by Crippen LogP contribution is -2.54. The minimum Gasteiger partial charge on any atom is -0.508 e.